The minimum absolute atomic E-state index is 0.157. The molecule has 0 aliphatic heterocycles. The van der Waals surface area contributed by atoms with E-state index in [1.165, 1.54) is 11.3 Å². The van der Waals surface area contributed by atoms with Crippen molar-refractivity contribution in [2.75, 3.05) is 13.2 Å². The number of carbonyl (C=O) groups excluding carboxylic acids is 2. The van der Waals surface area contributed by atoms with Gasteiger partial charge in [-0.25, -0.2) is 4.79 Å². The van der Waals surface area contributed by atoms with Crippen molar-refractivity contribution in [1.82, 2.24) is 10.6 Å². The van der Waals surface area contributed by atoms with Crippen LogP contribution in [0.3, 0.4) is 0 Å². The van der Waals surface area contributed by atoms with Gasteiger partial charge in [0.1, 0.15) is 0 Å². The maximum atomic E-state index is 12.1. The molecule has 0 saturated heterocycles. The average Bonchev–Trinajstić information content (AvgIpc) is 2.75. The van der Waals surface area contributed by atoms with Gasteiger partial charge in [-0.3, -0.25) is 4.79 Å². The number of alkyl carbamates (subject to hydrolysis) is 1. The van der Waals surface area contributed by atoms with E-state index in [0.29, 0.717) is 23.9 Å². The summed E-state index contributed by atoms with van der Waals surface area (Å²) in [6, 6.07) is 1.61. The first-order valence-electron chi connectivity index (χ1n) is 6.99. The van der Waals surface area contributed by atoms with E-state index in [9.17, 15) is 9.59 Å². The molecule has 124 valence electrons. The molecule has 1 atom stereocenters. The first kappa shape index (κ1) is 19.4. The first-order valence-corrected chi connectivity index (χ1v) is 9.40. The molecule has 1 heterocycles. The maximum absolute atomic E-state index is 12.1. The molecule has 5 nitrogen and oxygen atoms in total. The summed E-state index contributed by atoms with van der Waals surface area (Å²) in [6.07, 6.45) is 0.306. The van der Waals surface area contributed by atoms with Gasteiger partial charge in [0.25, 0.3) is 5.91 Å². The van der Waals surface area contributed by atoms with Crippen LogP contribution in [-0.4, -0.2) is 31.2 Å². The molecular weight excluding hydrogens is 436 g/mol. The number of halogens is 2. The van der Waals surface area contributed by atoms with Gasteiger partial charge in [0.05, 0.1) is 15.3 Å². The van der Waals surface area contributed by atoms with E-state index in [4.69, 9.17) is 4.74 Å². The predicted molar refractivity (Wildman–Crippen MR) is 95.5 cm³/mol. The molecule has 2 amide bonds. The molecule has 8 heteroatoms. The van der Waals surface area contributed by atoms with Gasteiger partial charge >= 0.3 is 6.09 Å². The molecule has 0 spiro atoms. The lowest BCUT2D eigenvalue weighted by molar-refractivity contribution is 0.0948. The largest absolute Gasteiger partial charge is 0.450 e. The highest BCUT2D eigenvalue weighted by Crippen LogP contribution is 2.32. The van der Waals surface area contributed by atoms with E-state index >= 15 is 0 Å². The van der Waals surface area contributed by atoms with Crippen LogP contribution in [0.1, 0.15) is 36.9 Å². The third-order valence-corrected chi connectivity index (χ3v) is 5.99. The number of hydrogen-bond donors (Lipinski definition) is 2. The van der Waals surface area contributed by atoms with Crippen LogP contribution in [0.15, 0.2) is 14.3 Å². The third kappa shape index (κ3) is 6.66. The van der Waals surface area contributed by atoms with Crippen molar-refractivity contribution in [3.63, 3.8) is 0 Å². The molecule has 0 aliphatic rings. The van der Waals surface area contributed by atoms with Crippen LogP contribution in [0, 0.1) is 5.92 Å². The van der Waals surface area contributed by atoms with Gasteiger partial charge in [0.2, 0.25) is 0 Å². The summed E-state index contributed by atoms with van der Waals surface area (Å²) in [4.78, 5) is 24.3. The van der Waals surface area contributed by atoms with E-state index in [1.54, 1.807) is 13.0 Å². The quantitative estimate of drug-likeness (QED) is 0.648. The van der Waals surface area contributed by atoms with Gasteiger partial charge < -0.3 is 15.4 Å². The van der Waals surface area contributed by atoms with Crippen LogP contribution >= 0.6 is 43.2 Å². The Bertz CT molecular complexity index is 501. The van der Waals surface area contributed by atoms with Gasteiger partial charge in [-0.15, -0.1) is 11.3 Å². The number of carbonyl (C=O) groups is 2. The van der Waals surface area contributed by atoms with E-state index in [0.717, 1.165) is 14.7 Å². The van der Waals surface area contributed by atoms with Gasteiger partial charge in [-0.1, -0.05) is 13.8 Å². The van der Waals surface area contributed by atoms with Crippen molar-refractivity contribution in [1.29, 1.82) is 0 Å². The highest BCUT2D eigenvalue weighted by atomic mass is 79.9. The van der Waals surface area contributed by atoms with Crippen LogP contribution in [0.5, 0.6) is 0 Å². The Morgan fingerprint density at radius 3 is 2.55 bits per heavy atom. The van der Waals surface area contributed by atoms with Crippen LogP contribution in [0.25, 0.3) is 0 Å². The fourth-order valence-electron chi connectivity index (χ4n) is 1.86. The SMILES string of the molecule is CCOC(=O)NC(CNC(=O)c1cc(Br)c(Br)s1)CC(C)C. The Hall–Kier alpha value is -0.600. The maximum Gasteiger partial charge on any atom is 0.407 e. The summed E-state index contributed by atoms with van der Waals surface area (Å²) < 4.78 is 6.62. The lowest BCUT2D eigenvalue weighted by Crippen LogP contribution is -2.44. The van der Waals surface area contributed by atoms with Crippen molar-refractivity contribution < 1.29 is 14.3 Å². The molecule has 22 heavy (non-hydrogen) atoms. The summed E-state index contributed by atoms with van der Waals surface area (Å²) in [5, 5.41) is 5.63. The number of hydrogen-bond acceptors (Lipinski definition) is 4. The second kappa shape index (κ2) is 9.52. The standard InChI is InChI=1S/C14H20Br2N2O3S/c1-4-21-14(20)18-9(5-8(2)3)7-17-13(19)11-6-10(15)12(16)22-11/h6,8-9H,4-5,7H2,1-3H3,(H,17,19)(H,18,20). The first-order chi connectivity index (χ1) is 10.3. The van der Waals surface area contributed by atoms with Crippen molar-refractivity contribution >= 4 is 55.2 Å². The molecule has 0 saturated carbocycles. The molecule has 0 fully saturated rings. The Labute approximate surface area is 151 Å². The van der Waals surface area contributed by atoms with Crippen LogP contribution in [-0.2, 0) is 4.74 Å². The lowest BCUT2D eigenvalue weighted by Gasteiger charge is -2.20. The Balaban J connectivity index is 2.57. The Morgan fingerprint density at radius 2 is 2.05 bits per heavy atom. The van der Waals surface area contributed by atoms with Crippen molar-refractivity contribution in [3.8, 4) is 0 Å². The van der Waals surface area contributed by atoms with E-state index in [-0.39, 0.29) is 11.9 Å². The van der Waals surface area contributed by atoms with Gasteiger partial charge in [0.15, 0.2) is 0 Å². The molecule has 2 N–H and O–H groups in total. The summed E-state index contributed by atoms with van der Waals surface area (Å²) in [5.74, 6) is 0.240. The second-order valence-electron chi connectivity index (χ2n) is 5.13. The fourth-order valence-corrected chi connectivity index (χ4v) is 3.82. The summed E-state index contributed by atoms with van der Waals surface area (Å²) in [6.45, 7) is 6.57. The van der Waals surface area contributed by atoms with Crippen LogP contribution < -0.4 is 10.6 Å². The minimum Gasteiger partial charge on any atom is -0.450 e. The number of rotatable bonds is 7. The zero-order valence-corrected chi connectivity index (χ0v) is 16.7. The highest BCUT2D eigenvalue weighted by Gasteiger charge is 2.17. The number of ether oxygens (including phenoxy) is 1. The predicted octanol–water partition coefficient (Wildman–Crippen LogP) is 4.16. The van der Waals surface area contributed by atoms with Gasteiger partial charge in [-0.2, -0.15) is 0 Å². The van der Waals surface area contributed by atoms with Crippen molar-refractivity contribution in [2.45, 2.75) is 33.2 Å². The molecule has 0 aliphatic carbocycles. The minimum atomic E-state index is -0.455. The molecule has 1 rings (SSSR count). The normalized spacial score (nSPS) is 12.1. The van der Waals surface area contributed by atoms with E-state index in [1.807, 2.05) is 0 Å². The lowest BCUT2D eigenvalue weighted by atomic mass is 10.0. The van der Waals surface area contributed by atoms with Crippen LogP contribution in [0.2, 0.25) is 0 Å². The van der Waals surface area contributed by atoms with Crippen LogP contribution in [0.4, 0.5) is 4.79 Å². The Kier molecular flexibility index (Phi) is 8.41. The summed E-state index contributed by atoms with van der Waals surface area (Å²) >= 11 is 8.08. The van der Waals surface area contributed by atoms with Crippen molar-refractivity contribution in [2.24, 2.45) is 5.92 Å². The summed E-state index contributed by atoms with van der Waals surface area (Å²) in [5.41, 5.74) is 0. The second-order valence-corrected chi connectivity index (χ2v) is 8.36. The monoisotopic (exact) mass is 454 g/mol. The fraction of sp³-hybridized carbons (Fsp3) is 0.571. The smallest absolute Gasteiger partial charge is 0.407 e. The van der Waals surface area contributed by atoms with Gasteiger partial charge in [-0.05, 0) is 57.2 Å². The zero-order valence-electron chi connectivity index (χ0n) is 12.7. The molecule has 0 radical (unpaired) electrons. The van der Waals surface area contributed by atoms with E-state index < -0.39 is 6.09 Å². The third-order valence-electron chi connectivity index (χ3n) is 2.73. The Morgan fingerprint density at radius 1 is 1.36 bits per heavy atom. The number of nitrogens with one attached hydrogen (secondary N) is 2. The molecule has 1 aromatic heterocycles. The molecule has 0 bridgehead atoms. The molecule has 1 unspecified atom stereocenters. The molecular formula is C14H20Br2N2O3S. The zero-order chi connectivity index (χ0) is 16.7. The van der Waals surface area contributed by atoms with E-state index in [2.05, 4.69) is 56.3 Å². The average molecular weight is 456 g/mol. The number of amides is 2. The molecule has 1 aromatic rings. The van der Waals surface area contributed by atoms with Gasteiger partial charge in [0, 0.05) is 17.1 Å². The van der Waals surface area contributed by atoms with Crippen molar-refractivity contribution in [3.05, 3.63) is 19.2 Å². The molecule has 0 aromatic carbocycles. The highest BCUT2D eigenvalue weighted by molar-refractivity contribution is 9.13. The summed E-state index contributed by atoms with van der Waals surface area (Å²) in [7, 11) is 0. The topological polar surface area (TPSA) is 67.4 Å². The number of thiophene rings is 1.